The number of nitrogens with zero attached hydrogens (tertiary/aromatic N) is 1. The Morgan fingerprint density at radius 1 is 1.17 bits per heavy atom. The van der Waals surface area contributed by atoms with Crippen LogP contribution in [-0.2, 0) is 0 Å². The minimum atomic E-state index is 0.0425. The number of ether oxygens (including phenoxy) is 2. The third-order valence-electron chi connectivity index (χ3n) is 4.20. The van der Waals surface area contributed by atoms with Crippen LogP contribution in [0.15, 0.2) is 18.2 Å². The van der Waals surface area contributed by atoms with Gasteiger partial charge in [0.1, 0.15) is 0 Å². The van der Waals surface area contributed by atoms with E-state index in [0.717, 1.165) is 32.4 Å². The van der Waals surface area contributed by atoms with Gasteiger partial charge in [-0.05, 0) is 64.4 Å². The molecule has 1 atom stereocenters. The van der Waals surface area contributed by atoms with E-state index in [0.29, 0.717) is 36.3 Å². The molecule has 1 aliphatic heterocycles. The summed E-state index contributed by atoms with van der Waals surface area (Å²) in [5.74, 6) is 1.37. The summed E-state index contributed by atoms with van der Waals surface area (Å²) in [6.45, 7) is 6.98. The highest BCUT2D eigenvalue weighted by Crippen LogP contribution is 2.29. The van der Waals surface area contributed by atoms with E-state index in [4.69, 9.17) is 9.47 Å². The second kappa shape index (κ2) is 8.77. The Balaban J connectivity index is 2.15. The molecule has 1 unspecified atom stereocenters. The Morgan fingerprint density at radius 3 is 2.65 bits per heavy atom. The first-order valence-corrected chi connectivity index (χ1v) is 8.54. The van der Waals surface area contributed by atoms with Crippen LogP contribution in [0.2, 0.25) is 0 Å². The smallest absolute Gasteiger partial charge is 0.253 e. The fraction of sp³-hybridized carbons (Fsp3) is 0.611. The predicted octanol–water partition coefficient (Wildman–Crippen LogP) is 2.70. The molecular weight excluding hydrogens is 292 g/mol. The monoisotopic (exact) mass is 320 g/mol. The van der Waals surface area contributed by atoms with Gasteiger partial charge in [-0.1, -0.05) is 0 Å². The van der Waals surface area contributed by atoms with Crippen LogP contribution in [-0.4, -0.2) is 50.2 Å². The highest BCUT2D eigenvalue weighted by atomic mass is 16.5. The molecule has 23 heavy (non-hydrogen) atoms. The van der Waals surface area contributed by atoms with Gasteiger partial charge in [0.05, 0.1) is 13.2 Å². The third kappa shape index (κ3) is 4.61. The van der Waals surface area contributed by atoms with Gasteiger partial charge in [-0.3, -0.25) is 4.79 Å². The molecule has 0 aromatic heterocycles. The summed E-state index contributed by atoms with van der Waals surface area (Å²) >= 11 is 0. The molecule has 1 amide bonds. The van der Waals surface area contributed by atoms with Crippen molar-refractivity contribution in [3.8, 4) is 11.5 Å². The Hall–Kier alpha value is -1.75. The van der Waals surface area contributed by atoms with Crippen molar-refractivity contribution in [1.82, 2.24) is 10.2 Å². The average molecular weight is 320 g/mol. The molecule has 1 heterocycles. The van der Waals surface area contributed by atoms with Crippen LogP contribution >= 0.6 is 0 Å². The van der Waals surface area contributed by atoms with E-state index in [1.807, 2.05) is 37.9 Å². The lowest BCUT2D eigenvalue weighted by Crippen LogP contribution is -2.37. The van der Waals surface area contributed by atoms with Crippen LogP contribution in [0.5, 0.6) is 11.5 Å². The SMILES string of the molecule is CCOc1ccc(C(=O)N(C)C2CCCNCC2)cc1OCC. The first-order valence-electron chi connectivity index (χ1n) is 8.54. The maximum absolute atomic E-state index is 12.8. The van der Waals surface area contributed by atoms with E-state index < -0.39 is 0 Å². The molecule has 1 aliphatic rings. The van der Waals surface area contributed by atoms with Gasteiger partial charge >= 0.3 is 0 Å². The van der Waals surface area contributed by atoms with E-state index in [9.17, 15) is 4.79 Å². The maximum atomic E-state index is 12.8. The lowest BCUT2D eigenvalue weighted by molar-refractivity contribution is 0.0720. The molecule has 2 rings (SSSR count). The molecule has 5 nitrogen and oxygen atoms in total. The summed E-state index contributed by atoms with van der Waals surface area (Å²) in [4.78, 5) is 14.7. The van der Waals surface area contributed by atoms with Gasteiger partial charge in [-0.25, -0.2) is 0 Å². The van der Waals surface area contributed by atoms with Gasteiger partial charge in [-0.15, -0.1) is 0 Å². The molecule has 1 saturated heterocycles. The van der Waals surface area contributed by atoms with Crippen LogP contribution in [0.1, 0.15) is 43.5 Å². The molecule has 1 fully saturated rings. The van der Waals surface area contributed by atoms with Crippen molar-refractivity contribution >= 4 is 5.91 Å². The van der Waals surface area contributed by atoms with Crippen LogP contribution in [0.25, 0.3) is 0 Å². The van der Waals surface area contributed by atoms with Crippen molar-refractivity contribution in [2.75, 3.05) is 33.4 Å². The summed E-state index contributed by atoms with van der Waals surface area (Å²) in [5, 5.41) is 3.38. The van der Waals surface area contributed by atoms with Gasteiger partial charge in [0.25, 0.3) is 5.91 Å². The second-order valence-corrected chi connectivity index (χ2v) is 5.78. The van der Waals surface area contributed by atoms with Crippen LogP contribution < -0.4 is 14.8 Å². The Kier molecular flexibility index (Phi) is 6.71. The maximum Gasteiger partial charge on any atom is 0.253 e. The Morgan fingerprint density at radius 2 is 1.91 bits per heavy atom. The van der Waals surface area contributed by atoms with E-state index in [1.165, 1.54) is 0 Å². The van der Waals surface area contributed by atoms with Crippen molar-refractivity contribution in [3.05, 3.63) is 23.8 Å². The summed E-state index contributed by atoms with van der Waals surface area (Å²) in [6, 6.07) is 5.73. The molecule has 0 aliphatic carbocycles. The third-order valence-corrected chi connectivity index (χ3v) is 4.20. The first kappa shape index (κ1) is 17.6. The van der Waals surface area contributed by atoms with Gasteiger partial charge in [-0.2, -0.15) is 0 Å². The number of benzene rings is 1. The zero-order valence-electron chi connectivity index (χ0n) is 14.4. The van der Waals surface area contributed by atoms with Gasteiger partial charge in [0.2, 0.25) is 0 Å². The van der Waals surface area contributed by atoms with Crippen LogP contribution in [0, 0.1) is 0 Å². The zero-order valence-corrected chi connectivity index (χ0v) is 14.4. The van der Waals surface area contributed by atoms with Gasteiger partial charge in [0, 0.05) is 18.7 Å². The normalized spacial score (nSPS) is 18.1. The van der Waals surface area contributed by atoms with E-state index in [-0.39, 0.29) is 5.91 Å². The number of carbonyl (C=O) groups is 1. The molecular formula is C18H28N2O3. The molecule has 5 heteroatoms. The molecule has 0 saturated carbocycles. The lowest BCUT2D eigenvalue weighted by Gasteiger charge is -2.27. The fourth-order valence-electron chi connectivity index (χ4n) is 2.94. The van der Waals surface area contributed by atoms with Crippen molar-refractivity contribution in [3.63, 3.8) is 0 Å². The zero-order chi connectivity index (χ0) is 16.7. The van der Waals surface area contributed by atoms with Crippen molar-refractivity contribution in [2.45, 2.75) is 39.2 Å². The summed E-state index contributed by atoms with van der Waals surface area (Å²) in [5.41, 5.74) is 0.650. The summed E-state index contributed by atoms with van der Waals surface area (Å²) in [7, 11) is 1.90. The molecule has 1 N–H and O–H groups in total. The number of carbonyl (C=O) groups excluding carboxylic acids is 1. The summed E-state index contributed by atoms with van der Waals surface area (Å²) < 4.78 is 11.2. The average Bonchev–Trinajstić information content (AvgIpc) is 2.85. The largest absolute Gasteiger partial charge is 0.490 e. The molecule has 0 radical (unpaired) electrons. The molecule has 1 aromatic carbocycles. The highest BCUT2D eigenvalue weighted by Gasteiger charge is 2.23. The van der Waals surface area contributed by atoms with Gasteiger partial charge in [0.15, 0.2) is 11.5 Å². The van der Waals surface area contributed by atoms with Gasteiger partial charge < -0.3 is 19.7 Å². The van der Waals surface area contributed by atoms with Crippen LogP contribution in [0.3, 0.4) is 0 Å². The molecule has 128 valence electrons. The Labute approximate surface area is 139 Å². The van der Waals surface area contributed by atoms with E-state index in [1.54, 1.807) is 6.07 Å². The standard InChI is InChI=1S/C18H28N2O3/c1-4-22-16-9-8-14(13-17(16)23-5-2)18(21)20(3)15-7-6-11-19-12-10-15/h8-9,13,15,19H,4-7,10-12H2,1-3H3. The van der Waals surface area contributed by atoms with Crippen molar-refractivity contribution in [1.29, 1.82) is 0 Å². The minimum Gasteiger partial charge on any atom is -0.490 e. The number of rotatable bonds is 6. The van der Waals surface area contributed by atoms with E-state index >= 15 is 0 Å². The molecule has 0 bridgehead atoms. The fourth-order valence-corrected chi connectivity index (χ4v) is 2.94. The Bertz CT molecular complexity index is 511. The topological polar surface area (TPSA) is 50.8 Å². The van der Waals surface area contributed by atoms with Crippen LogP contribution in [0.4, 0.5) is 0 Å². The second-order valence-electron chi connectivity index (χ2n) is 5.78. The van der Waals surface area contributed by atoms with E-state index in [2.05, 4.69) is 5.32 Å². The number of nitrogens with one attached hydrogen (secondary N) is 1. The molecule has 0 spiro atoms. The number of amides is 1. The number of hydrogen-bond acceptors (Lipinski definition) is 4. The quantitative estimate of drug-likeness (QED) is 0.875. The number of hydrogen-bond donors (Lipinski definition) is 1. The minimum absolute atomic E-state index is 0.0425. The molecule has 1 aromatic rings. The first-order chi connectivity index (χ1) is 11.2. The lowest BCUT2D eigenvalue weighted by atomic mass is 10.1. The summed E-state index contributed by atoms with van der Waals surface area (Å²) in [6.07, 6.45) is 3.15. The van der Waals surface area contributed by atoms with Crippen molar-refractivity contribution in [2.24, 2.45) is 0 Å². The predicted molar refractivity (Wildman–Crippen MR) is 91.4 cm³/mol. The van der Waals surface area contributed by atoms with Crippen molar-refractivity contribution < 1.29 is 14.3 Å². The highest BCUT2D eigenvalue weighted by molar-refractivity contribution is 5.95.